The molecule has 0 fully saturated rings. The van der Waals surface area contributed by atoms with Crippen LogP contribution in [0.3, 0.4) is 0 Å². The maximum absolute atomic E-state index is 5.49. The lowest BCUT2D eigenvalue weighted by molar-refractivity contribution is 0.543. The largest absolute Gasteiger partial charge is 0.443 e. The molecule has 0 radical (unpaired) electrons. The third-order valence-electron chi connectivity index (χ3n) is 1.24. The van der Waals surface area contributed by atoms with Crippen LogP contribution < -0.4 is 5.73 Å². The first-order valence-corrected chi connectivity index (χ1v) is 2.81. The van der Waals surface area contributed by atoms with E-state index in [4.69, 9.17) is 10.2 Å². The molecule has 0 amide bonds. The number of rotatable bonds is 0. The van der Waals surface area contributed by atoms with Gasteiger partial charge in [-0.2, -0.15) is 0 Å². The normalized spacial score (nSPS) is 10.4. The van der Waals surface area contributed by atoms with E-state index in [0.717, 1.165) is 0 Å². The van der Waals surface area contributed by atoms with Crippen LogP contribution in [0, 0.1) is 0 Å². The van der Waals surface area contributed by atoms with E-state index in [0.29, 0.717) is 17.3 Å². The van der Waals surface area contributed by atoms with Crippen molar-refractivity contribution in [1.29, 1.82) is 0 Å². The second kappa shape index (κ2) is 1.70. The number of nitrogens with zero attached hydrogens (tertiary/aromatic N) is 2. The van der Waals surface area contributed by atoms with E-state index in [-0.39, 0.29) is 0 Å². The monoisotopic (exact) mass is 135 g/mol. The lowest BCUT2D eigenvalue weighted by Crippen LogP contribution is -1.86. The van der Waals surface area contributed by atoms with Gasteiger partial charge in [0.15, 0.2) is 0 Å². The highest BCUT2D eigenvalue weighted by Gasteiger charge is 2.10. The van der Waals surface area contributed by atoms with Crippen molar-refractivity contribution in [1.82, 2.24) is 9.97 Å². The summed E-state index contributed by atoms with van der Waals surface area (Å²) in [4.78, 5) is 7.82. The predicted molar refractivity (Wildman–Crippen MR) is 35.3 cm³/mol. The maximum Gasteiger partial charge on any atom is 0.247 e. The molecule has 2 N–H and O–H groups in total. The van der Waals surface area contributed by atoms with E-state index in [1.54, 1.807) is 6.20 Å². The van der Waals surface area contributed by atoms with E-state index in [9.17, 15) is 0 Å². The van der Waals surface area contributed by atoms with Gasteiger partial charge in [-0.15, -0.1) is 0 Å². The zero-order valence-corrected chi connectivity index (χ0v) is 5.11. The van der Waals surface area contributed by atoms with Crippen LogP contribution in [0.1, 0.15) is 0 Å². The SMILES string of the molecule is Nc1cnc2occnc1-2. The quantitative estimate of drug-likeness (QED) is 0.579. The third kappa shape index (κ3) is 0.556. The Balaban J connectivity index is 2.78. The second-order valence-corrected chi connectivity index (χ2v) is 1.90. The van der Waals surface area contributed by atoms with Crippen molar-refractivity contribution in [3.05, 3.63) is 18.7 Å². The molecule has 2 aliphatic rings. The van der Waals surface area contributed by atoms with Gasteiger partial charge in [0.2, 0.25) is 5.89 Å². The van der Waals surface area contributed by atoms with Crippen molar-refractivity contribution >= 4 is 5.69 Å². The van der Waals surface area contributed by atoms with Gasteiger partial charge >= 0.3 is 0 Å². The fraction of sp³-hybridized carbons (Fsp3) is 0. The van der Waals surface area contributed by atoms with Gasteiger partial charge < -0.3 is 10.2 Å². The number of hydrogen-bond acceptors (Lipinski definition) is 4. The van der Waals surface area contributed by atoms with Gasteiger partial charge in [0, 0.05) is 0 Å². The van der Waals surface area contributed by atoms with Crippen LogP contribution in [0.15, 0.2) is 23.1 Å². The molecule has 0 saturated carbocycles. The van der Waals surface area contributed by atoms with Crippen LogP contribution in [0.2, 0.25) is 0 Å². The van der Waals surface area contributed by atoms with Gasteiger partial charge in [-0.3, -0.25) is 0 Å². The van der Waals surface area contributed by atoms with Gasteiger partial charge in [-0.25, -0.2) is 9.97 Å². The summed E-state index contributed by atoms with van der Waals surface area (Å²) in [7, 11) is 0. The molecule has 0 spiro atoms. The van der Waals surface area contributed by atoms with Crippen LogP contribution in [-0.2, 0) is 0 Å². The van der Waals surface area contributed by atoms with Crippen molar-refractivity contribution in [2.75, 3.05) is 5.73 Å². The highest BCUT2D eigenvalue weighted by atomic mass is 16.3. The lowest BCUT2D eigenvalue weighted by atomic mass is 10.4. The van der Waals surface area contributed by atoms with Crippen molar-refractivity contribution in [3.8, 4) is 11.6 Å². The maximum atomic E-state index is 5.49. The summed E-state index contributed by atoms with van der Waals surface area (Å²) in [5.41, 5.74) is 6.67. The molecule has 0 aliphatic carbocycles. The smallest absolute Gasteiger partial charge is 0.247 e. The molecule has 4 heteroatoms. The van der Waals surface area contributed by atoms with Crippen molar-refractivity contribution in [3.63, 3.8) is 0 Å². The van der Waals surface area contributed by atoms with Gasteiger partial charge in [0.25, 0.3) is 0 Å². The van der Waals surface area contributed by atoms with E-state index in [2.05, 4.69) is 9.97 Å². The van der Waals surface area contributed by atoms with Crippen LogP contribution in [0.5, 0.6) is 0 Å². The first-order valence-electron chi connectivity index (χ1n) is 2.81. The average Bonchev–Trinajstić information content (AvgIpc) is 2.34. The molecule has 0 saturated heterocycles. The number of anilines is 1. The first kappa shape index (κ1) is 5.22. The summed E-state index contributed by atoms with van der Waals surface area (Å²) in [5.74, 6) is 0.486. The highest BCUT2D eigenvalue weighted by Crippen LogP contribution is 2.22. The van der Waals surface area contributed by atoms with Crippen LogP contribution in [0.4, 0.5) is 5.69 Å². The molecule has 0 aromatic carbocycles. The van der Waals surface area contributed by atoms with E-state index in [1.807, 2.05) is 0 Å². The summed E-state index contributed by atoms with van der Waals surface area (Å²) in [6.07, 6.45) is 4.54. The zero-order valence-electron chi connectivity index (χ0n) is 5.11. The highest BCUT2D eigenvalue weighted by molar-refractivity contribution is 5.67. The number of aromatic nitrogens is 2. The molecule has 2 rings (SSSR count). The summed E-state index contributed by atoms with van der Waals surface area (Å²) >= 11 is 0. The van der Waals surface area contributed by atoms with E-state index in [1.165, 1.54) is 12.5 Å². The summed E-state index contributed by atoms with van der Waals surface area (Å²) in [6, 6.07) is 0. The molecule has 2 aliphatic heterocycles. The Hall–Kier alpha value is -1.58. The minimum Gasteiger partial charge on any atom is -0.443 e. The van der Waals surface area contributed by atoms with Crippen LogP contribution >= 0.6 is 0 Å². The lowest BCUT2D eigenvalue weighted by Gasteiger charge is -1.92. The molecule has 0 bridgehead atoms. The Morgan fingerprint density at radius 3 is 3.10 bits per heavy atom. The van der Waals surface area contributed by atoms with E-state index < -0.39 is 0 Å². The third-order valence-corrected chi connectivity index (χ3v) is 1.24. The van der Waals surface area contributed by atoms with E-state index >= 15 is 0 Å². The molecule has 50 valence electrons. The molecule has 0 atom stereocenters. The van der Waals surface area contributed by atoms with Gasteiger partial charge in [-0.05, 0) is 0 Å². The fourth-order valence-electron chi connectivity index (χ4n) is 0.790. The topological polar surface area (TPSA) is 64.9 Å². The van der Waals surface area contributed by atoms with Crippen LogP contribution in [-0.4, -0.2) is 9.97 Å². The molecule has 0 aromatic rings. The summed E-state index contributed by atoms with van der Waals surface area (Å²) in [5, 5.41) is 0. The summed E-state index contributed by atoms with van der Waals surface area (Å²) in [6.45, 7) is 0. The molecule has 4 nitrogen and oxygen atoms in total. The van der Waals surface area contributed by atoms with Gasteiger partial charge in [0.1, 0.15) is 12.0 Å². The Morgan fingerprint density at radius 2 is 2.30 bits per heavy atom. The molecule has 0 unspecified atom stereocenters. The first-order chi connectivity index (χ1) is 4.88. The number of hydrogen-bond donors (Lipinski definition) is 1. The fourth-order valence-corrected chi connectivity index (χ4v) is 0.790. The molecular formula is C6H5N3O. The predicted octanol–water partition coefficient (Wildman–Crippen LogP) is 0.757. The Morgan fingerprint density at radius 1 is 1.40 bits per heavy atom. The molecular weight excluding hydrogens is 130 g/mol. The minimum atomic E-state index is 0.486. The molecule has 0 aromatic heterocycles. The summed E-state index contributed by atoms with van der Waals surface area (Å²) < 4.78 is 4.98. The van der Waals surface area contributed by atoms with Gasteiger partial charge in [0.05, 0.1) is 18.1 Å². The molecule has 2 heterocycles. The van der Waals surface area contributed by atoms with Gasteiger partial charge in [-0.1, -0.05) is 0 Å². The zero-order chi connectivity index (χ0) is 6.97. The Labute approximate surface area is 57.0 Å². The number of nitrogens with two attached hydrogens (primary N) is 1. The van der Waals surface area contributed by atoms with Crippen molar-refractivity contribution in [2.24, 2.45) is 0 Å². The number of nitrogen functional groups attached to an aromatic ring is 1. The minimum absolute atomic E-state index is 0.486. The van der Waals surface area contributed by atoms with Crippen LogP contribution in [0.25, 0.3) is 11.6 Å². The van der Waals surface area contributed by atoms with Crippen molar-refractivity contribution in [2.45, 2.75) is 0 Å². The Kier molecular flexibility index (Phi) is 0.887. The Bertz CT molecular complexity index is 317. The molecule has 10 heavy (non-hydrogen) atoms. The average molecular weight is 135 g/mol. The standard InChI is InChI=1S/C6H5N3O/c7-4-3-9-6-5(4)8-1-2-10-6/h1-3H,7H2. The second-order valence-electron chi connectivity index (χ2n) is 1.90. The number of fused-ring (bicyclic) bond motifs is 1. The van der Waals surface area contributed by atoms with Crippen molar-refractivity contribution < 1.29 is 4.42 Å².